The van der Waals surface area contributed by atoms with Gasteiger partial charge in [0.15, 0.2) is 11.6 Å². The van der Waals surface area contributed by atoms with Gasteiger partial charge >= 0.3 is 6.61 Å². The molecule has 0 bridgehead atoms. The van der Waals surface area contributed by atoms with Crippen molar-refractivity contribution in [3.63, 3.8) is 0 Å². The van der Waals surface area contributed by atoms with Crippen molar-refractivity contribution >= 4 is 5.82 Å². The van der Waals surface area contributed by atoms with Crippen LogP contribution in [-0.2, 0) is 4.74 Å². The van der Waals surface area contributed by atoms with Crippen molar-refractivity contribution in [2.75, 3.05) is 39.1 Å². The maximum Gasteiger partial charge on any atom is 0.387 e. The van der Waals surface area contributed by atoms with Gasteiger partial charge in [0.05, 0.1) is 12.3 Å². The number of hydrogen-bond acceptors (Lipinski definition) is 6. The van der Waals surface area contributed by atoms with E-state index in [1.165, 1.54) is 6.07 Å². The Morgan fingerprint density at radius 2 is 2.00 bits per heavy atom. The molecule has 2 aromatic rings. The number of hydrogen-bond donors (Lipinski definition) is 1. The molecule has 0 spiro atoms. The molecule has 1 unspecified atom stereocenters. The summed E-state index contributed by atoms with van der Waals surface area (Å²) in [6.07, 6.45) is 3.56. The van der Waals surface area contributed by atoms with Crippen molar-refractivity contribution in [2.45, 2.75) is 32.4 Å². The Labute approximate surface area is 168 Å². The van der Waals surface area contributed by atoms with Gasteiger partial charge in [-0.25, -0.2) is 9.97 Å². The molecule has 2 aliphatic rings. The number of ether oxygens (including phenoxy) is 2. The highest BCUT2D eigenvalue weighted by atomic mass is 19.3. The molecule has 1 saturated heterocycles. The molecular weight excluding hydrogens is 380 g/mol. The summed E-state index contributed by atoms with van der Waals surface area (Å²) in [7, 11) is 1.73. The predicted molar refractivity (Wildman–Crippen MR) is 105 cm³/mol. The zero-order valence-electron chi connectivity index (χ0n) is 16.9. The molecule has 0 amide bonds. The number of methoxy groups -OCH3 is 1. The fourth-order valence-corrected chi connectivity index (χ4v) is 4.40. The number of piperidine rings is 1. The molecule has 29 heavy (non-hydrogen) atoms. The molecule has 2 N–H and O–H groups in total. The van der Waals surface area contributed by atoms with E-state index in [0.717, 1.165) is 32.1 Å². The monoisotopic (exact) mass is 407 g/mol. The zero-order valence-corrected chi connectivity index (χ0v) is 16.9. The van der Waals surface area contributed by atoms with E-state index in [4.69, 9.17) is 15.5 Å². The number of fused-ring (bicyclic) bond motifs is 1. The van der Waals surface area contributed by atoms with Crippen molar-refractivity contribution in [1.82, 2.24) is 19.4 Å². The van der Waals surface area contributed by atoms with Crippen LogP contribution in [0.25, 0.3) is 11.3 Å². The van der Waals surface area contributed by atoms with Crippen LogP contribution in [-0.4, -0.2) is 59.4 Å². The highest BCUT2D eigenvalue weighted by Gasteiger charge is 2.57. The molecule has 7 nitrogen and oxygen atoms in total. The first-order chi connectivity index (χ1) is 13.9. The third-order valence-corrected chi connectivity index (χ3v) is 5.83. The van der Waals surface area contributed by atoms with Crippen LogP contribution in [0.4, 0.5) is 14.6 Å². The summed E-state index contributed by atoms with van der Waals surface area (Å²) in [6.45, 7) is 5.12. The SMILES string of the molecule is COCCN1C[C@@H]2C(n3cc(-c4cnc(N)c(OC(F)F)c4)nc3C(C)C)[C@@H]2C1. The Kier molecular flexibility index (Phi) is 5.44. The van der Waals surface area contributed by atoms with Crippen LogP contribution < -0.4 is 10.5 Å². The maximum absolute atomic E-state index is 12.6. The zero-order chi connectivity index (χ0) is 20.7. The normalized spacial score (nSPS) is 23.8. The van der Waals surface area contributed by atoms with Crippen molar-refractivity contribution in [1.29, 1.82) is 0 Å². The first-order valence-corrected chi connectivity index (χ1v) is 9.89. The van der Waals surface area contributed by atoms with Gasteiger partial charge in [-0.1, -0.05) is 13.8 Å². The molecular formula is C20H27F2N5O2. The highest BCUT2D eigenvalue weighted by Crippen LogP contribution is 2.56. The van der Waals surface area contributed by atoms with Gasteiger partial charge in [-0.2, -0.15) is 8.78 Å². The molecule has 3 heterocycles. The van der Waals surface area contributed by atoms with Crippen LogP contribution >= 0.6 is 0 Å². The van der Waals surface area contributed by atoms with Crippen LogP contribution in [0.1, 0.15) is 31.6 Å². The molecule has 4 rings (SSSR count). The fourth-order valence-electron chi connectivity index (χ4n) is 4.40. The number of alkyl halides is 2. The molecule has 2 fully saturated rings. The summed E-state index contributed by atoms with van der Waals surface area (Å²) in [6, 6.07) is 1.91. The minimum absolute atomic E-state index is 0.0644. The van der Waals surface area contributed by atoms with E-state index < -0.39 is 6.61 Å². The van der Waals surface area contributed by atoms with E-state index in [1.807, 2.05) is 6.20 Å². The van der Waals surface area contributed by atoms with Crippen LogP contribution in [0.15, 0.2) is 18.5 Å². The van der Waals surface area contributed by atoms with Gasteiger partial charge in [0.25, 0.3) is 0 Å². The quantitative estimate of drug-likeness (QED) is 0.725. The smallest absolute Gasteiger partial charge is 0.387 e. The van der Waals surface area contributed by atoms with Gasteiger partial charge in [-0.05, 0) is 17.9 Å². The van der Waals surface area contributed by atoms with Crippen molar-refractivity contribution in [3.8, 4) is 17.0 Å². The second kappa shape index (κ2) is 7.87. The number of nitrogens with zero attached hydrogens (tertiary/aromatic N) is 4. The summed E-state index contributed by atoms with van der Waals surface area (Å²) >= 11 is 0. The lowest BCUT2D eigenvalue weighted by atomic mass is 10.2. The first kappa shape index (κ1) is 20.0. The summed E-state index contributed by atoms with van der Waals surface area (Å²) < 4.78 is 37.2. The standard InChI is InChI=1S/C20H27F2N5O2/c1-11(2)19-25-15(12-6-16(29-20(21)22)18(23)24-7-12)10-27(19)17-13-8-26(4-5-28-3)9-14(13)17/h6-7,10-11,13-14,17,20H,4-5,8-9H2,1-3H3,(H2,23,24)/t13-,14+,17?. The van der Waals surface area contributed by atoms with Gasteiger partial charge in [-0.3, -0.25) is 0 Å². The van der Waals surface area contributed by atoms with Gasteiger partial charge < -0.3 is 24.7 Å². The molecule has 1 saturated carbocycles. The minimum Gasteiger partial charge on any atom is -0.431 e. The number of likely N-dealkylation sites (tertiary alicyclic amines) is 1. The highest BCUT2D eigenvalue weighted by molar-refractivity contribution is 5.64. The molecule has 2 aromatic heterocycles. The van der Waals surface area contributed by atoms with Gasteiger partial charge in [0, 0.05) is 56.7 Å². The Hall–Kier alpha value is -2.26. The van der Waals surface area contributed by atoms with E-state index in [-0.39, 0.29) is 17.5 Å². The van der Waals surface area contributed by atoms with Gasteiger partial charge in [0.2, 0.25) is 0 Å². The molecule has 3 atom stereocenters. The maximum atomic E-state index is 12.6. The molecule has 1 aliphatic heterocycles. The summed E-state index contributed by atoms with van der Waals surface area (Å²) in [5.41, 5.74) is 6.97. The number of halogens is 2. The molecule has 0 radical (unpaired) electrons. The Morgan fingerprint density at radius 3 is 2.62 bits per heavy atom. The lowest BCUT2D eigenvalue weighted by Crippen LogP contribution is -2.28. The number of rotatable bonds is 8. The number of aromatic nitrogens is 3. The van der Waals surface area contributed by atoms with E-state index in [1.54, 1.807) is 13.3 Å². The Morgan fingerprint density at radius 1 is 1.28 bits per heavy atom. The summed E-state index contributed by atoms with van der Waals surface area (Å²) in [5.74, 6) is 2.28. The molecule has 9 heteroatoms. The van der Waals surface area contributed by atoms with Crippen LogP contribution in [0.3, 0.4) is 0 Å². The number of anilines is 1. The van der Waals surface area contributed by atoms with E-state index >= 15 is 0 Å². The van der Waals surface area contributed by atoms with Crippen molar-refractivity contribution in [2.24, 2.45) is 11.8 Å². The summed E-state index contributed by atoms with van der Waals surface area (Å²) in [5, 5.41) is 0. The Balaban J connectivity index is 1.56. The Bertz CT molecular complexity index is 861. The number of pyridine rings is 1. The number of nitrogen functional groups attached to an aromatic ring is 1. The van der Waals surface area contributed by atoms with Gasteiger partial charge in [-0.15, -0.1) is 0 Å². The topological polar surface area (TPSA) is 78.4 Å². The summed E-state index contributed by atoms with van der Waals surface area (Å²) in [4.78, 5) is 11.2. The van der Waals surface area contributed by atoms with E-state index in [0.29, 0.717) is 29.1 Å². The second-order valence-electron chi connectivity index (χ2n) is 8.10. The van der Waals surface area contributed by atoms with Gasteiger partial charge in [0.1, 0.15) is 5.82 Å². The minimum atomic E-state index is -2.95. The average Bonchev–Trinajstić information content (AvgIpc) is 3.03. The molecule has 0 aromatic carbocycles. The van der Waals surface area contributed by atoms with Crippen molar-refractivity contribution < 1.29 is 18.3 Å². The van der Waals surface area contributed by atoms with Crippen LogP contribution in [0, 0.1) is 11.8 Å². The average molecular weight is 407 g/mol. The van der Waals surface area contributed by atoms with Crippen LogP contribution in [0.2, 0.25) is 0 Å². The number of imidazole rings is 1. The first-order valence-electron chi connectivity index (χ1n) is 9.89. The predicted octanol–water partition coefficient (Wildman–Crippen LogP) is 3.00. The third-order valence-electron chi connectivity index (χ3n) is 5.83. The largest absolute Gasteiger partial charge is 0.431 e. The second-order valence-corrected chi connectivity index (χ2v) is 8.10. The third kappa shape index (κ3) is 3.93. The molecule has 1 aliphatic carbocycles. The lowest BCUT2D eigenvalue weighted by Gasteiger charge is -2.20. The molecule has 158 valence electrons. The van der Waals surface area contributed by atoms with Crippen LogP contribution in [0.5, 0.6) is 5.75 Å². The number of nitrogens with two attached hydrogens (primary N) is 1. The van der Waals surface area contributed by atoms with E-state index in [2.05, 4.69) is 33.0 Å². The fraction of sp³-hybridized carbons (Fsp3) is 0.600. The van der Waals surface area contributed by atoms with E-state index in [9.17, 15) is 8.78 Å². The van der Waals surface area contributed by atoms with Crippen molar-refractivity contribution in [3.05, 3.63) is 24.3 Å². The lowest BCUT2D eigenvalue weighted by molar-refractivity contribution is -0.0494.